The van der Waals surface area contributed by atoms with Crippen LogP contribution in [0.5, 0.6) is 0 Å². The number of carbonyl (C=O) groups excluding carboxylic acids is 1. The highest BCUT2D eigenvalue weighted by Crippen LogP contribution is 2.37. The van der Waals surface area contributed by atoms with E-state index in [4.69, 9.17) is 4.98 Å². The van der Waals surface area contributed by atoms with Crippen LogP contribution >= 0.6 is 11.8 Å². The van der Waals surface area contributed by atoms with Gasteiger partial charge in [-0.05, 0) is 44.7 Å². The number of para-hydroxylation sites is 1. The molecular weight excluding hydrogens is 322 g/mol. The summed E-state index contributed by atoms with van der Waals surface area (Å²) in [5, 5.41) is 1.12. The second kappa shape index (κ2) is 6.24. The molecular formula is C18H21N3O2S. The summed E-state index contributed by atoms with van der Waals surface area (Å²) in [6.45, 7) is 3.62. The molecule has 2 heterocycles. The predicted molar refractivity (Wildman–Crippen MR) is 95.4 cm³/mol. The Kier molecular flexibility index (Phi) is 4.08. The van der Waals surface area contributed by atoms with E-state index >= 15 is 0 Å². The van der Waals surface area contributed by atoms with Crippen molar-refractivity contribution in [3.8, 4) is 0 Å². The van der Waals surface area contributed by atoms with E-state index in [1.54, 1.807) is 4.57 Å². The molecule has 0 spiro atoms. The first-order chi connectivity index (χ1) is 11.6. The van der Waals surface area contributed by atoms with Crippen LogP contribution in [0.25, 0.3) is 10.9 Å². The lowest BCUT2D eigenvalue weighted by molar-refractivity contribution is -0.129. The number of benzene rings is 1. The first kappa shape index (κ1) is 15.7. The molecule has 1 aromatic carbocycles. The average Bonchev–Trinajstić information content (AvgIpc) is 3.26. The number of rotatable bonds is 4. The molecule has 1 aliphatic carbocycles. The van der Waals surface area contributed by atoms with Gasteiger partial charge in [-0.15, -0.1) is 0 Å². The lowest BCUT2D eigenvalue weighted by atomic mass is 10.2. The Bertz CT molecular complexity index is 838. The zero-order valence-electron chi connectivity index (χ0n) is 13.8. The third-order valence-electron chi connectivity index (χ3n) is 4.74. The Morgan fingerprint density at radius 2 is 1.96 bits per heavy atom. The molecule has 1 aliphatic heterocycles. The second-order valence-electron chi connectivity index (χ2n) is 6.61. The molecule has 2 fully saturated rings. The van der Waals surface area contributed by atoms with Crippen molar-refractivity contribution in [1.82, 2.24) is 14.5 Å². The van der Waals surface area contributed by atoms with Crippen molar-refractivity contribution >= 4 is 28.6 Å². The highest BCUT2D eigenvalue weighted by molar-refractivity contribution is 8.00. The summed E-state index contributed by atoms with van der Waals surface area (Å²) in [6.07, 6.45) is 4.21. The number of hydrogen-bond acceptors (Lipinski definition) is 4. The lowest BCUT2D eigenvalue weighted by Gasteiger charge is -2.21. The van der Waals surface area contributed by atoms with Crippen LogP contribution in [0, 0.1) is 0 Å². The summed E-state index contributed by atoms with van der Waals surface area (Å²) in [5.41, 5.74) is 0.731. The Balaban J connectivity index is 1.69. The first-order valence-corrected chi connectivity index (χ1v) is 9.50. The minimum Gasteiger partial charge on any atom is -0.342 e. The van der Waals surface area contributed by atoms with Gasteiger partial charge >= 0.3 is 0 Å². The smallest absolute Gasteiger partial charge is 0.262 e. The van der Waals surface area contributed by atoms with Gasteiger partial charge in [-0.3, -0.25) is 14.2 Å². The van der Waals surface area contributed by atoms with Gasteiger partial charge < -0.3 is 4.90 Å². The highest BCUT2D eigenvalue weighted by Gasteiger charge is 2.31. The van der Waals surface area contributed by atoms with Crippen LogP contribution in [-0.4, -0.2) is 38.7 Å². The van der Waals surface area contributed by atoms with E-state index in [-0.39, 0.29) is 22.8 Å². The van der Waals surface area contributed by atoms with Crippen molar-refractivity contribution in [2.45, 2.75) is 49.1 Å². The van der Waals surface area contributed by atoms with E-state index in [2.05, 4.69) is 0 Å². The van der Waals surface area contributed by atoms with E-state index in [0.717, 1.165) is 38.8 Å². The second-order valence-corrected chi connectivity index (χ2v) is 7.92. The van der Waals surface area contributed by atoms with E-state index in [9.17, 15) is 9.59 Å². The maximum atomic E-state index is 12.9. The van der Waals surface area contributed by atoms with Crippen LogP contribution in [0.15, 0.2) is 34.2 Å². The molecule has 6 heteroatoms. The number of nitrogens with zero attached hydrogens (tertiary/aromatic N) is 3. The van der Waals surface area contributed by atoms with Crippen molar-refractivity contribution in [2.24, 2.45) is 0 Å². The SMILES string of the molecule is CC(Sc1nc2ccccc2c(=O)n1C1CC1)C(=O)N1CCCC1. The largest absolute Gasteiger partial charge is 0.342 e. The van der Waals surface area contributed by atoms with E-state index in [0.29, 0.717) is 16.1 Å². The molecule has 0 N–H and O–H groups in total. The number of carbonyl (C=O) groups is 1. The molecule has 24 heavy (non-hydrogen) atoms. The van der Waals surface area contributed by atoms with Crippen LogP contribution in [0.2, 0.25) is 0 Å². The molecule has 2 aromatic rings. The minimum atomic E-state index is -0.221. The van der Waals surface area contributed by atoms with Gasteiger partial charge in [0.05, 0.1) is 16.2 Å². The predicted octanol–water partition coefficient (Wildman–Crippen LogP) is 2.83. The topological polar surface area (TPSA) is 55.2 Å². The Morgan fingerprint density at radius 1 is 1.25 bits per heavy atom. The molecule has 1 amide bonds. The fraction of sp³-hybridized carbons (Fsp3) is 0.500. The molecule has 1 atom stereocenters. The van der Waals surface area contributed by atoms with Gasteiger partial charge in [0.25, 0.3) is 5.56 Å². The Morgan fingerprint density at radius 3 is 2.67 bits per heavy atom. The monoisotopic (exact) mass is 343 g/mol. The van der Waals surface area contributed by atoms with Crippen LogP contribution in [0.4, 0.5) is 0 Å². The minimum absolute atomic E-state index is 0.0198. The first-order valence-electron chi connectivity index (χ1n) is 8.62. The number of thioether (sulfide) groups is 1. The van der Waals surface area contributed by atoms with Gasteiger partial charge in [-0.25, -0.2) is 4.98 Å². The number of likely N-dealkylation sites (tertiary alicyclic amines) is 1. The number of amides is 1. The quantitative estimate of drug-likeness (QED) is 0.633. The lowest BCUT2D eigenvalue weighted by Crippen LogP contribution is -2.34. The van der Waals surface area contributed by atoms with Crippen LogP contribution < -0.4 is 5.56 Å². The average molecular weight is 343 g/mol. The zero-order chi connectivity index (χ0) is 16.7. The third kappa shape index (κ3) is 2.83. The number of aromatic nitrogens is 2. The molecule has 1 saturated carbocycles. The van der Waals surface area contributed by atoms with Gasteiger partial charge in [0, 0.05) is 19.1 Å². The highest BCUT2D eigenvalue weighted by atomic mass is 32.2. The van der Waals surface area contributed by atoms with Gasteiger partial charge in [0.2, 0.25) is 5.91 Å². The normalized spacial score (nSPS) is 19.0. The van der Waals surface area contributed by atoms with Gasteiger partial charge in [-0.1, -0.05) is 23.9 Å². The fourth-order valence-electron chi connectivity index (χ4n) is 3.27. The van der Waals surface area contributed by atoms with Gasteiger partial charge in [0.15, 0.2) is 5.16 Å². The van der Waals surface area contributed by atoms with Crippen molar-refractivity contribution in [2.75, 3.05) is 13.1 Å². The molecule has 0 bridgehead atoms. The summed E-state index contributed by atoms with van der Waals surface area (Å²) in [6, 6.07) is 7.70. The molecule has 1 aromatic heterocycles. The van der Waals surface area contributed by atoms with Crippen molar-refractivity contribution in [1.29, 1.82) is 0 Å². The summed E-state index contributed by atoms with van der Waals surface area (Å²) >= 11 is 1.42. The molecule has 0 radical (unpaired) electrons. The molecule has 5 nitrogen and oxygen atoms in total. The summed E-state index contributed by atoms with van der Waals surface area (Å²) in [4.78, 5) is 32.1. The summed E-state index contributed by atoms with van der Waals surface area (Å²) in [7, 11) is 0. The zero-order valence-corrected chi connectivity index (χ0v) is 14.6. The van der Waals surface area contributed by atoms with Crippen molar-refractivity contribution < 1.29 is 4.79 Å². The van der Waals surface area contributed by atoms with E-state index in [1.165, 1.54) is 11.8 Å². The molecule has 4 rings (SSSR count). The van der Waals surface area contributed by atoms with Gasteiger partial charge in [-0.2, -0.15) is 0 Å². The Labute approximate surface area is 145 Å². The Hall–Kier alpha value is -1.82. The summed E-state index contributed by atoms with van der Waals surface area (Å²) in [5.74, 6) is 0.155. The van der Waals surface area contributed by atoms with Crippen molar-refractivity contribution in [3.63, 3.8) is 0 Å². The number of hydrogen-bond donors (Lipinski definition) is 0. The molecule has 1 unspecified atom stereocenters. The molecule has 126 valence electrons. The standard InChI is InChI=1S/C18H21N3O2S/c1-12(16(22)20-10-4-5-11-20)24-18-19-15-7-3-2-6-14(15)17(23)21(18)13-8-9-13/h2-3,6-7,12-13H,4-5,8-11H2,1H3. The molecule has 1 saturated heterocycles. The van der Waals surface area contributed by atoms with Crippen molar-refractivity contribution in [3.05, 3.63) is 34.6 Å². The van der Waals surface area contributed by atoms with E-state index in [1.807, 2.05) is 36.1 Å². The molecule has 2 aliphatic rings. The third-order valence-corrected chi connectivity index (χ3v) is 5.79. The van der Waals surface area contributed by atoms with E-state index < -0.39 is 0 Å². The maximum Gasteiger partial charge on any atom is 0.262 e. The van der Waals surface area contributed by atoms with Crippen LogP contribution in [-0.2, 0) is 4.79 Å². The van der Waals surface area contributed by atoms with Crippen LogP contribution in [0.1, 0.15) is 38.6 Å². The maximum absolute atomic E-state index is 12.9. The van der Waals surface area contributed by atoms with Gasteiger partial charge in [0.1, 0.15) is 0 Å². The fourth-order valence-corrected chi connectivity index (χ4v) is 4.33. The summed E-state index contributed by atoms with van der Waals surface area (Å²) < 4.78 is 1.81. The number of fused-ring (bicyclic) bond motifs is 1. The van der Waals surface area contributed by atoms with Crippen LogP contribution in [0.3, 0.4) is 0 Å².